The van der Waals surface area contributed by atoms with Crippen LogP contribution < -0.4 is 25.9 Å². The fraction of sp³-hybridized carbons (Fsp3) is 0.478. The Labute approximate surface area is 179 Å². The molecule has 0 aromatic heterocycles. The van der Waals surface area contributed by atoms with Gasteiger partial charge in [0.1, 0.15) is 0 Å². The van der Waals surface area contributed by atoms with Crippen LogP contribution >= 0.6 is 0 Å². The van der Waals surface area contributed by atoms with Gasteiger partial charge < -0.3 is 0 Å². The molecule has 28 heavy (non-hydrogen) atoms. The van der Waals surface area contributed by atoms with Crippen molar-refractivity contribution in [3.05, 3.63) is 60.2 Å². The second-order valence-electron chi connectivity index (χ2n) is 6.72. The van der Waals surface area contributed by atoms with E-state index in [1.54, 1.807) is 7.11 Å². The molecule has 0 aliphatic carbocycles. The number of halogens is 1. The molecule has 0 fully saturated rings. The molecule has 0 amide bonds. The first kappa shape index (κ1) is 23.1. The van der Waals surface area contributed by atoms with Gasteiger partial charge in [-0.25, -0.2) is 0 Å². The number of aryl methyl sites for hydroxylation is 1. The first-order valence-corrected chi connectivity index (χ1v) is 12.1. The number of unbranched alkanes of at least 4 members (excludes halogenated alkanes) is 2. The number of hydrogen-bond acceptors (Lipinski definition) is 4. The van der Waals surface area contributed by atoms with Gasteiger partial charge in [0.05, 0.1) is 0 Å². The molecule has 0 saturated heterocycles. The minimum absolute atomic E-state index is 0.0440. The van der Waals surface area contributed by atoms with Crippen molar-refractivity contribution in [3.8, 4) is 5.75 Å². The van der Waals surface area contributed by atoms with Crippen LogP contribution in [0.2, 0.25) is 0 Å². The Kier molecular flexibility index (Phi) is 10.9. The number of aliphatic hydroxyl groups is 2. The average Bonchev–Trinajstić information content (AvgIpc) is 2.74. The van der Waals surface area contributed by atoms with Gasteiger partial charge in [0.25, 0.3) is 0 Å². The van der Waals surface area contributed by atoms with Crippen molar-refractivity contribution in [1.82, 2.24) is 0 Å². The Hall–Kier alpha value is -1.15. The molecule has 0 heterocycles. The van der Waals surface area contributed by atoms with Gasteiger partial charge in [-0.05, 0) is 0 Å². The zero-order valence-corrected chi connectivity index (χ0v) is 19.1. The number of hydrogen-bond donors (Lipinski definition) is 2. The van der Waals surface area contributed by atoms with E-state index in [2.05, 4.69) is 31.2 Å². The molecule has 0 unspecified atom stereocenters. The Bertz CT molecular complexity index is 675. The molecular formula is C23H32IO4-. The predicted molar refractivity (Wildman–Crippen MR) is 107 cm³/mol. The fourth-order valence-corrected chi connectivity index (χ4v) is 5.58. The molecule has 0 spiro atoms. The van der Waals surface area contributed by atoms with Gasteiger partial charge in [-0.3, -0.25) is 0 Å². The van der Waals surface area contributed by atoms with E-state index < -0.39 is 21.2 Å². The van der Waals surface area contributed by atoms with E-state index in [0.717, 1.165) is 53.6 Å². The van der Waals surface area contributed by atoms with Crippen LogP contribution in [0.15, 0.2) is 36.4 Å². The monoisotopic (exact) mass is 499 g/mol. The second kappa shape index (κ2) is 13.1. The molecule has 2 aromatic carbocycles. The third-order valence-corrected chi connectivity index (χ3v) is 7.80. The van der Waals surface area contributed by atoms with Gasteiger partial charge in [-0.2, -0.15) is 0 Å². The van der Waals surface area contributed by atoms with Crippen LogP contribution in [0.25, 0.3) is 0 Å². The molecule has 2 rings (SSSR count). The number of methoxy groups -OCH3 is 1. The van der Waals surface area contributed by atoms with E-state index in [0.29, 0.717) is 5.75 Å². The summed E-state index contributed by atoms with van der Waals surface area (Å²) in [6.45, 7) is 3.83. The van der Waals surface area contributed by atoms with E-state index in [9.17, 15) is 10.2 Å². The van der Waals surface area contributed by atoms with E-state index in [1.165, 1.54) is 15.6 Å². The summed E-state index contributed by atoms with van der Waals surface area (Å²) >= 11 is -0.480. The van der Waals surface area contributed by atoms with Gasteiger partial charge >= 0.3 is 173 Å². The molecule has 0 aliphatic heterocycles. The van der Waals surface area contributed by atoms with Gasteiger partial charge in [-0.1, -0.05) is 6.92 Å². The van der Waals surface area contributed by atoms with E-state index >= 15 is 0 Å². The molecule has 0 radical (unpaired) electrons. The van der Waals surface area contributed by atoms with E-state index in [4.69, 9.17) is 9.47 Å². The van der Waals surface area contributed by atoms with Crippen LogP contribution in [0.5, 0.6) is 5.75 Å². The van der Waals surface area contributed by atoms with Crippen LogP contribution in [0.4, 0.5) is 0 Å². The number of benzene rings is 2. The normalized spacial score (nSPS) is 11.1. The number of aliphatic hydroxyl groups excluding tert-OH is 2. The van der Waals surface area contributed by atoms with Gasteiger partial charge in [0.2, 0.25) is 0 Å². The fourth-order valence-electron chi connectivity index (χ4n) is 2.89. The molecule has 4 nitrogen and oxygen atoms in total. The van der Waals surface area contributed by atoms with Crippen LogP contribution in [0, 0.1) is 7.14 Å². The molecule has 0 saturated carbocycles. The topological polar surface area (TPSA) is 58.9 Å². The van der Waals surface area contributed by atoms with Crippen molar-refractivity contribution in [2.75, 3.05) is 20.3 Å². The summed E-state index contributed by atoms with van der Waals surface area (Å²) in [6.07, 6.45) is 5.65. The summed E-state index contributed by atoms with van der Waals surface area (Å²) in [4.78, 5) is 0. The summed E-state index contributed by atoms with van der Waals surface area (Å²) in [5.41, 5.74) is 3.05. The van der Waals surface area contributed by atoms with Crippen LogP contribution in [-0.4, -0.2) is 30.5 Å². The summed E-state index contributed by atoms with van der Waals surface area (Å²) in [7, 11) is 1.60. The second-order valence-corrected chi connectivity index (χ2v) is 9.58. The van der Waals surface area contributed by atoms with Gasteiger partial charge in [0, 0.05) is 0 Å². The Morgan fingerprint density at radius 3 is 2.11 bits per heavy atom. The zero-order valence-electron chi connectivity index (χ0n) is 16.9. The van der Waals surface area contributed by atoms with E-state index in [1.807, 2.05) is 12.1 Å². The first-order valence-electron chi connectivity index (χ1n) is 9.94. The van der Waals surface area contributed by atoms with Crippen LogP contribution in [0.3, 0.4) is 0 Å². The number of ether oxygens (including phenoxy) is 2. The molecule has 2 aromatic rings. The Morgan fingerprint density at radius 2 is 1.54 bits per heavy atom. The van der Waals surface area contributed by atoms with E-state index in [-0.39, 0.29) is 13.2 Å². The predicted octanol–water partition coefficient (Wildman–Crippen LogP) is 0.948. The molecule has 0 aliphatic rings. The van der Waals surface area contributed by atoms with Crippen molar-refractivity contribution in [1.29, 1.82) is 0 Å². The standard InChI is InChI=1S/C23H32IO4/c1-3-4-12-28-13-6-5-7-18-8-10-21(11-9-18)24-23-19(16-25)14-22(27-2)15-20(23)17-26/h8-11,14-15,25-26H,3-7,12-13,16-17H2,1-2H3/q-1. The maximum atomic E-state index is 9.74. The maximum absolute atomic E-state index is 9.74. The first-order chi connectivity index (χ1) is 13.7. The van der Waals surface area contributed by atoms with Crippen molar-refractivity contribution >= 4 is 0 Å². The summed E-state index contributed by atoms with van der Waals surface area (Å²) in [5.74, 6) is 0.676. The SMILES string of the molecule is CCCCOCCCCc1ccc([I-]c2c(CO)cc(OC)cc2CO)cc1. The molecule has 156 valence electrons. The van der Waals surface area contributed by atoms with Crippen molar-refractivity contribution < 1.29 is 40.9 Å². The van der Waals surface area contributed by atoms with Crippen LogP contribution in [0.1, 0.15) is 49.3 Å². The summed E-state index contributed by atoms with van der Waals surface area (Å²) in [6, 6.07) is 12.5. The quantitative estimate of drug-likeness (QED) is 0.319. The Balaban J connectivity index is 1.92. The third-order valence-electron chi connectivity index (χ3n) is 4.54. The third kappa shape index (κ3) is 7.35. The summed E-state index contributed by atoms with van der Waals surface area (Å²) in [5, 5.41) is 19.5. The number of rotatable bonds is 13. The average molecular weight is 499 g/mol. The molecular weight excluding hydrogens is 467 g/mol. The molecule has 2 N–H and O–H groups in total. The minimum atomic E-state index is -0.480. The van der Waals surface area contributed by atoms with Crippen molar-refractivity contribution in [2.45, 2.75) is 52.2 Å². The van der Waals surface area contributed by atoms with Crippen molar-refractivity contribution in [3.63, 3.8) is 0 Å². The summed E-state index contributed by atoms with van der Waals surface area (Å²) < 4.78 is 13.3. The van der Waals surface area contributed by atoms with Crippen molar-refractivity contribution in [2.24, 2.45) is 0 Å². The molecule has 0 atom stereocenters. The van der Waals surface area contributed by atoms with Gasteiger partial charge in [0.15, 0.2) is 0 Å². The Morgan fingerprint density at radius 1 is 0.893 bits per heavy atom. The zero-order chi connectivity index (χ0) is 20.2. The van der Waals surface area contributed by atoms with Gasteiger partial charge in [-0.15, -0.1) is 0 Å². The molecule has 5 heteroatoms. The molecule has 0 bridgehead atoms. The van der Waals surface area contributed by atoms with Crippen LogP contribution in [-0.2, 0) is 24.4 Å².